The molecule has 2 fully saturated rings. The molecule has 0 radical (unpaired) electrons. The monoisotopic (exact) mass is 436 g/mol. The summed E-state index contributed by atoms with van der Waals surface area (Å²) in [6, 6.07) is 0.424. The first-order valence-electron chi connectivity index (χ1n) is 9.22. The summed E-state index contributed by atoms with van der Waals surface area (Å²) in [4.78, 5) is 14.2. The average molecular weight is 437 g/mol. The highest BCUT2D eigenvalue weighted by atomic mass is 35.5. The maximum atomic E-state index is 12.7. The zero-order valence-electron chi connectivity index (χ0n) is 16.1. The molecule has 3 N–H and O–H groups in total. The van der Waals surface area contributed by atoms with Gasteiger partial charge in [-0.2, -0.15) is 0 Å². The Hall–Kier alpha value is -1.27. The second kappa shape index (κ2) is 9.04. The summed E-state index contributed by atoms with van der Waals surface area (Å²) in [6.07, 6.45) is 4.43. The number of carbonyl (C=O) groups excluding carboxylic acids is 1. The third-order valence-corrected chi connectivity index (χ3v) is 7.48. The molecule has 28 heavy (non-hydrogen) atoms. The van der Waals surface area contributed by atoms with Crippen molar-refractivity contribution in [2.45, 2.75) is 43.9 Å². The van der Waals surface area contributed by atoms with Crippen molar-refractivity contribution in [3.63, 3.8) is 0 Å². The zero-order valence-corrected chi connectivity index (χ0v) is 17.8. The van der Waals surface area contributed by atoms with Crippen molar-refractivity contribution >= 4 is 28.3 Å². The number of aliphatic hydroxyl groups excluding tert-OH is 1. The SMILES string of the molecule is CN(C)S(=O)(=O)C[C@@H]1CN(C(=O)c2cn(C3CCC(N)CC3)nn2)C[C@@H]1O.Cl. The summed E-state index contributed by atoms with van der Waals surface area (Å²) in [5.74, 6) is -1.05. The minimum absolute atomic E-state index is 0. The average Bonchev–Trinajstić information content (AvgIpc) is 3.22. The minimum atomic E-state index is -3.45. The molecule has 1 saturated heterocycles. The number of amides is 1. The first-order chi connectivity index (χ1) is 12.7. The number of aromatic nitrogens is 3. The van der Waals surface area contributed by atoms with Gasteiger partial charge in [0.05, 0.1) is 24.1 Å². The Bertz CT molecular complexity index is 778. The maximum absolute atomic E-state index is 12.7. The fourth-order valence-corrected chi connectivity index (χ4v) is 4.85. The molecule has 0 unspecified atom stereocenters. The molecule has 1 aromatic rings. The van der Waals surface area contributed by atoms with E-state index in [4.69, 9.17) is 5.73 Å². The van der Waals surface area contributed by atoms with Gasteiger partial charge in [-0.05, 0) is 25.7 Å². The van der Waals surface area contributed by atoms with Crippen LogP contribution in [0.15, 0.2) is 6.20 Å². The Morgan fingerprint density at radius 1 is 1.29 bits per heavy atom. The smallest absolute Gasteiger partial charge is 0.276 e. The van der Waals surface area contributed by atoms with E-state index in [0.717, 1.165) is 30.0 Å². The van der Waals surface area contributed by atoms with E-state index in [1.165, 1.54) is 19.0 Å². The van der Waals surface area contributed by atoms with E-state index in [1.54, 1.807) is 10.9 Å². The first kappa shape index (κ1) is 23.0. The zero-order chi connectivity index (χ0) is 19.8. The molecule has 1 amide bonds. The molecule has 1 aliphatic heterocycles. The summed E-state index contributed by atoms with van der Waals surface area (Å²) in [5, 5.41) is 18.3. The highest BCUT2D eigenvalue weighted by Gasteiger charge is 2.38. The molecule has 2 aliphatic rings. The van der Waals surface area contributed by atoms with E-state index >= 15 is 0 Å². The molecule has 1 aliphatic carbocycles. The molecule has 0 bridgehead atoms. The van der Waals surface area contributed by atoms with Gasteiger partial charge in [0.1, 0.15) is 0 Å². The topological polar surface area (TPSA) is 135 Å². The van der Waals surface area contributed by atoms with Gasteiger partial charge in [-0.1, -0.05) is 5.21 Å². The Kier molecular flexibility index (Phi) is 7.43. The van der Waals surface area contributed by atoms with Crippen molar-refractivity contribution in [2.75, 3.05) is 32.9 Å². The third-order valence-electron chi connectivity index (χ3n) is 5.52. The summed E-state index contributed by atoms with van der Waals surface area (Å²) in [5.41, 5.74) is 6.14. The molecule has 12 heteroatoms. The lowest BCUT2D eigenvalue weighted by molar-refractivity contribution is 0.0759. The van der Waals surface area contributed by atoms with Crippen molar-refractivity contribution in [3.8, 4) is 0 Å². The van der Waals surface area contributed by atoms with Crippen LogP contribution in [0.4, 0.5) is 0 Å². The first-order valence-corrected chi connectivity index (χ1v) is 10.8. The molecule has 3 rings (SSSR count). The van der Waals surface area contributed by atoms with Crippen LogP contribution in [0.2, 0.25) is 0 Å². The highest BCUT2D eigenvalue weighted by molar-refractivity contribution is 7.89. The van der Waals surface area contributed by atoms with Crippen LogP contribution in [-0.2, 0) is 10.0 Å². The second-order valence-electron chi connectivity index (χ2n) is 7.75. The molecule has 0 spiro atoms. The molecular formula is C16H29ClN6O4S. The molecule has 0 aromatic carbocycles. The van der Waals surface area contributed by atoms with E-state index in [-0.39, 0.29) is 54.9 Å². The Balaban J connectivity index is 0.00000280. The number of β-amino-alcohol motifs (C(OH)–C–C–N with tert-alkyl or cyclic N) is 1. The number of hydrogen-bond donors (Lipinski definition) is 2. The number of likely N-dealkylation sites (tertiary alicyclic amines) is 1. The lowest BCUT2D eigenvalue weighted by atomic mass is 9.92. The van der Waals surface area contributed by atoms with E-state index in [9.17, 15) is 18.3 Å². The Morgan fingerprint density at radius 3 is 2.54 bits per heavy atom. The van der Waals surface area contributed by atoms with Crippen LogP contribution in [0.5, 0.6) is 0 Å². The van der Waals surface area contributed by atoms with Crippen LogP contribution in [0, 0.1) is 5.92 Å². The Labute approximate surface area is 171 Å². The lowest BCUT2D eigenvalue weighted by Gasteiger charge is -2.25. The van der Waals surface area contributed by atoms with Crippen molar-refractivity contribution in [3.05, 3.63) is 11.9 Å². The van der Waals surface area contributed by atoms with Crippen molar-refractivity contribution in [2.24, 2.45) is 11.7 Å². The summed E-state index contributed by atoms with van der Waals surface area (Å²) in [7, 11) is -0.541. The molecule has 160 valence electrons. The molecule has 10 nitrogen and oxygen atoms in total. The van der Waals surface area contributed by atoms with Crippen LogP contribution in [0.3, 0.4) is 0 Å². The molecule has 2 heterocycles. The van der Waals surface area contributed by atoms with Crippen LogP contribution < -0.4 is 5.73 Å². The largest absolute Gasteiger partial charge is 0.391 e. The highest BCUT2D eigenvalue weighted by Crippen LogP contribution is 2.27. The molecule has 1 saturated carbocycles. The Morgan fingerprint density at radius 2 is 1.93 bits per heavy atom. The van der Waals surface area contributed by atoms with Crippen LogP contribution in [0.1, 0.15) is 42.2 Å². The van der Waals surface area contributed by atoms with Gasteiger partial charge in [0.2, 0.25) is 10.0 Å². The molecule has 1 aromatic heterocycles. The summed E-state index contributed by atoms with van der Waals surface area (Å²) < 4.78 is 27.0. The minimum Gasteiger partial charge on any atom is -0.391 e. The van der Waals surface area contributed by atoms with E-state index in [2.05, 4.69) is 10.3 Å². The maximum Gasteiger partial charge on any atom is 0.276 e. The van der Waals surface area contributed by atoms with Gasteiger partial charge in [0, 0.05) is 39.1 Å². The van der Waals surface area contributed by atoms with Crippen molar-refractivity contribution in [1.82, 2.24) is 24.2 Å². The van der Waals surface area contributed by atoms with Crippen molar-refractivity contribution in [1.29, 1.82) is 0 Å². The van der Waals surface area contributed by atoms with Gasteiger partial charge in [-0.25, -0.2) is 17.4 Å². The quantitative estimate of drug-likeness (QED) is 0.633. The summed E-state index contributed by atoms with van der Waals surface area (Å²) in [6.45, 7) is 0.274. The number of rotatable bonds is 5. The molecule has 2 atom stereocenters. The van der Waals surface area contributed by atoms with E-state index in [1.807, 2.05) is 0 Å². The third kappa shape index (κ3) is 5.01. The number of nitrogens with two attached hydrogens (primary N) is 1. The number of hydrogen-bond acceptors (Lipinski definition) is 7. The summed E-state index contributed by atoms with van der Waals surface area (Å²) >= 11 is 0. The number of halogens is 1. The van der Waals surface area contributed by atoms with E-state index < -0.39 is 22.0 Å². The standard InChI is InChI=1S/C16H28N6O4S.ClH/c1-20(2)27(25,26)10-11-7-21(9-15(11)23)16(24)14-8-22(19-18-14)13-5-3-12(17)4-6-13;/h8,11-13,15,23H,3-7,9-10,17H2,1-2H3;1H/t11-,12?,13?,15-;/m0./s1. The lowest BCUT2D eigenvalue weighted by Crippen LogP contribution is -2.33. The molecular weight excluding hydrogens is 408 g/mol. The van der Waals surface area contributed by atoms with Crippen LogP contribution >= 0.6 is 12.4 Å². The van der Waals surface area contributed by atoms with Gasteiger partial charge in [0.25, 0.3) is 5.91 Å². The van der Waals surface area contributed by atoms with Crippen LogP contribution in [0.25, 0.3) is 0 Å². The van der Waals surface area contributed by atoms with Gasteiger partial charge in [-0.3, -0.25) is 4.79 Å². The fraction of sp³-hybridized carbons (Fsp3) is 0.812. The fourth-order valence-electron chi connectivity index (χ4n) is 3.68. The van der Waals surface area contributed by atoms with Gasteiger partial charge in [-0.15, -0.1) is 17.5 Å². The van der Waals surface area contributed by atoms with Gasteiger partial charge in [0.15, 0.2) is 5.69 Å². The van der Waals surface area contributed by atoms with Gasteiger partial charge < -0.3 is 15.7 Å². The van der Waals surface area contributed by atoms with Crippen molar-refractivity contribution < 1.29 is 18.3 Å². The predicted octanol–water partition coefficient (Wildman–Crippen LogP) is -0.533. The van der Waals surface area contributed by atoms with Crippen LogP contribution in [-0.4, -0.2) is 88.7 Å². The number of aliphatic hydroxyl groups is 1. The predicted molar refractivity (Wildman–Crippen MR) is 106 cm³/mol. The van der Waals surface area contributed by atoms with Gasteiger partial charge >= 0.3 is 0 Å². The number of carbonyl (C=O) groups is 1. The van der Waals surface area contributed by atoms with E-state index in [0.29, 0.717) is 0 Å². The number of nitrogens with zero attached hydrogens (tertiary/aromatic N) is 5. The second-order valence-corrected chi connectivity index (χ2v) is 9.98. The normalized spacial score (nSPS) is 28.4. The number of sulfonamides is 1.